The van der Waals surface area contributed by atoms with Crippen LogP contribution < -0.4 is 27.0 Å². The van der Waals surface area contributed by atoms with Gasteiger partial charge in [-0.05, 0) is 50.2 Å². The topological polar surface area (TPSA) is 207 Å². The maximum Gasteiger partial charge on any atom is 0.405 e. The largest absolute Gasteiger partial charge is 0.439 e. The lowest BCUT2D eigenvalue weighted by Gasteiger charge is -2.30. The van der Waals surface area contributed by atoms with Crippen molar-refractivity contribution in [2.45, 2.75) is 77.9 Å². The third-order valence-corrected chi connectivity index (χ3v) is 9.03. The first-order chi connectivity index (χ1) is 25.2. The Morgan fingerprint density at radius 1 is 1.02 bits per heavy atom. The molecule has 0 spiro atoms. The molecular weight excluding hydrogens is 682 g/mol. The summed E-state index contributed by atoms with van der Waals surface area (Å²) in [5.41, 5.74) is 7.27. The van der Waals surface area contributed by atoms with Crippen molar-refractivity contribution in [2.75, 3.05) is 27.3 Å². The first-order valence-electron chi connectivity index (χ1n) is 17.6. The number of nitrogens with one attached hydrogen (secondary N) is 4. The van der Waals surface area contributed by atoms with Crippen molar-refractivity contribution in [3.63, 3.8) is 0 Å². The Morgan fingerprint density at radius 2 is 1.74 bits per heavy atom. The quantitative estimate of drug-likeness (QED) is 0.118. The minimum absolute atomic E-state index is 0.113. The zero-order valence-electron chi connectivity index (χ0n) is 31.3. The van der Waals surface area contributed by atoms with Crippen LogP contribution in [0.2, 0.25) is 0 Å². The molecule has 1 aromatic carbocycles. The van der Waals surface area contributed by atoms with Crippen molar-refractivity contribution >= 4 is 29.6 Å². The van der Waals surface area contributed by atoms with Crippen LogP contribution >= 0.6 is 0 Å². The Labute approximate surface area is 310 Å². The highest BCUT2D eigenvalue weighted by atomic mass is 16.6. The molecule has 1 aliphatic heterocycles. The number of hydrogen-bond donors (Lipinski definition) is 6. The molecule has 53 heavy (non-hydrogen) atoms. The standard InChI is InChI=1S/C39H53N5O9/c1-23-18-28-33(41-16-11-17-42-39(50)43-22-27-13-8-7-9-14-27)30(45)21-29(35(28)47)44-37(48)24(2)12-10-15-31(51-5)36(53-38(40)49)26(4)20-25(3)34(46)32(19-23)52-6/h7-10,12-15,20-21,23,25,31-32,34,36,41,46H,11,16-19,22H2,1-6H3,(H2,40,49)(H,44,48)(H2,42,43,50)/b15-10-,24-12+,26-20+/t23-,25+,31+,32+,34-,36+/m1/s1. The van der Waals surface area contributed by atoms with Gasteiger partial charge in [0, 0.05) is 57.0 Å². The van der Waals surface area contributed by atoms with Crippen molar-refractivity contribution in [2.24, 2.45) is 17.6 Å². The van der Waals surface area contributed by atoms with Gasteiger partial charge >= 0.3 is 12.1 Å². The van der Waals surface area contributed by atoms with E-state index in [-0.39, 0.29) is 47.5 Å². The lowest BCUT2D eigenvalue weighted by atomic mass is 9.85. The second-order valence-corrected chi connectivity index (χ2v) is 13.3. The van der Waals surface area contributed by atoms with Crippen LogP contribution in [-0.2, 0) is 35.1 Å². The summed E-state index contributed by atoms with van der Waals surface area (Å²) >= 11 is 0. The molecule has 0 fully saturated rings. The van der Waals surface area contributed by atoms with E-state index >= 15 is 0 Å². The van der Waals surface area contributed by atoms with E-state index < -0.39 is 53.9 Å². The summed E-state index contributed by atoms with van der Waals surface area (Å²) in [5.74, 6) is -2.34. The maximum absolute atomic E-state index is 13.9. The van der Waals surface area contributed by atoms with Gasteiger partial charge in [-0.2, -0.15) is 0 Å². The molecule has 1 aromatic rings. The number of rotatable bonds is 10. The molecule has 1 heterocycles. The predicted molar refractivity (Wildman–Crippen MR) is 199 cm³/mol. The molecular formula is C39H53N5O9. The fourth-order valence-electron chi connectivity index (χ4n) is 6.12. The number of nitrogens with two attached hydrogens (primary N) is 1. The van der Waals surface area contributed by atoms with Gasteiger partial charge in [0.2, 0.25) is 11.6 Å². The summed E-state index contributed by atoms with van der Waals surface area (Å²) < 4.78 is 16.7. The van der Waals surface area contributed by atoms with E-state index in [4.69, 9.17) is 19.9 Å². The fourth-order valence-corrected chi connectivity index (χ4v) is 6.12. The van der Waals surface area contributed by atoms with Crippen molar-refractivity contribution in [1.29, 1.82) is 0 Å². The number of carbonyl (C=O) groups is 5. The molecule has 4 amide bonds. The molecule has 7 N–H and O–H groups in total. The highest BCUT2D eigenvalue weighted by Crippen LogP contribution is 2.29. The van der Waals surface area contributed by atoms with Crippen molar-refractivity contribution in [3.8, 4) is 0 Å². The molecule has 0 saturated carbocycles. The number of fused-ring (bicyclic) bond motifs is 2. The molecule has 14 nitrogen and oxygen atoms in total. The Morgan fingerprint density at radius 3 is 2.40 bits per heavy atom. The summed E-state index contributed by atoms with van der Waals surface area (Å²) in [6.07, 6.45) is 3.94. The van der Waals surface area contributed by atoms with E-state index in [0.29, 0.717) is 31.5 Å². The average molecular weight is 736 g/mol. The van der Waals surface area contributed by atoms with Crippen molar-refractivity contribution < 1.29 is 43.3 Å². The van der Waals surface area contributed by atoms with Gasteiger partial charge in [0.1, 0.15) is 6.10 Å². The molecule has 0 aromatic heterocycles. The number of primary amides is 1. The van der Waals surface area contributed by atoms with Crippen LogP contribution in [0.4, 0.5) is 9.59 Å². The third kappa shape index (κ3) is 12.8. The molecule has 0 saturated heterocycles. The zero-order chi connectivity index (χ0) is 39.1. The second kappa shape index (κ2) is 20.9. The van der Waals surface area contributed by atoms with Gasteiger partial charge in [-0.25, -0.2) is 9.59 Å². The van der Waals surface area contributed by atoms with E-state index in [1.807, 2.05) is 37.3 Å². The van der Waals surface area contributed by atoms with Gasteiger partial charge in [0.25, 0.3) is 5.91 Å². The van der Waals surface area contributed by atoms with E-state index in [9.17, 15) is 29.1 Å². The van der Waals surface area contributed by atoms with Gasteiger partial charge in [-0.3, -0.25) is 14.4 Å². The lowest BCUT2D eigenvalue weighted by Crippen LogP contribution is -2.38. The lowest BCUT2D eigenvalue weighted by molar-refractivity contribution is -0.120. The van der Waals surface area contributed by atoms with Gasteiger partial charge in [-0.15, -0.1) is 0 Å². The molecule has 0 unspecified atom stereocenters. The van der Waals surface area contributed by atoms with Crippen LogP contribution in [0.3, 0.4) is 0 Å². The number of aliphatic hydroxyl groups excluding tert-OH is 1. The number of allylic oxidation sites excluding steroid dienone is 4. The van der Waals surface area contributed by atoms with Gasteiger partial charge < -0.3 is 46.3 Å². The molecule has 3 rings (SSSR count). The first-order valence-corrected chi connectivity index (χ1v) is 17.6. The van der Waals surface area contributed by atoms with Crippen molar-refractivity contribution in [3.05, 3.63) is 94.4 Å². The number of urea groups is 1. The van der Waals surface area contributed by atoms with E-state index in [2.05, 4.69) is 21.3 Å². The third-order valence-electron chi connectivity index (χ3n) is 9.03. The molecule has 0 radical (unpaired) electrons. The van der Waals surface area contributed by atoms with E-state index in [0.717, 1.165) is 11.6 Å². The Balaban J connectivity index is 1.86. The van der Waals surface area contributed by atoms with Crippen LogP contribution in [-0.4, -0.2) is 86.4 Å². The Kier molecular flexibility index (Phi) is 16.7. The number of amides is 4. The molecule has 1 aliphatic carbocycles. The minimum atomic E-state index is -1.01. The minimum Gasteiger partial charge on any atom is -0.439 e. The number of hydrogen-bond acceptors (Lipinski definition) is 10. The number of carbonyl (C=O) groups excluding carboxylic acids is 5. The van der Waals surface area contributed by atoms with E-state index in [1.165, 1.54) is 27.2 Å². The van der Waals surface area contributed by atoms with Gasteiger partial charge in [0.05, 0.1) is 23.6 Å². The zero-order valence-corrected chi connectivity index (χ0v) is 31.3. The normalized spacial score (nSPS) is 27.3. The van der Waals surface area contributed by atoms with Crippen molar-refractivity contribution in [1.82, 2.24) is 21.3 Å². The Hall–Kier alpha value is -5.05. The van der Waals surface area contributed by atoms with Crippen LogP contribution in [0.5, 0.6) is 0 Å². The maximum atomic E-state index is 13.9. The number of ether oxygens (including phenoxy) is 3. The highest BCUT2D eigenvalue weighted by Gasteiger charge is 2.33. The molecule has 2 aliphatic rings. The summed E-state index contributed by atoms with van der Waals surface area (Å²) in [7, 11) is 2.91. The monoisotopic (exact) mass is 735 g/mol. The van der Waals surface area contributed by atoms with Crippen LogP contribution in [0.25, 0.3) is 0 Å². The molecule has 288 valence electrons. The molecule has 2 bridgehead atoms. The molecule has 6 atom stereocenters. The van der Waals surface area contributed by atoms with Crippen LogP contribution in [0, 0.1) is 11.8 Å². The summed E-state index contributed by atoms with van der Waals surface area (Å²) in [6, 6.07) is 9.17. The van der Waals surface area contributed by atoms with Gasteiger partial charge in [0.15, 0.2) is 6.10 Å². The summed E-state index contributed by atoms with van der Waals surface area (Å²) in [6.45, 7) is 7.91. The number of Topliss-reactive ketones (excluding diaryl/α,β-unsaturated/α-hetero) is 1. The summed E-state index contributed by atoms with van der Waals surface area (Å²) in [5, 5.41) is 22.6. The van der Waals surface area contributed by atoms with Gasteiger partial charge in [-0.1, -0.05) is 68.5 Å². The van der Waals surface area contributed by atoms with E-state index in [1.54, 1.807) is 32.1 Å². The number of benzene rings is 1. The molecule has 14 heteroatoms. The highest BCUT2D eigenvalue weighted by molar-refractivity contribution is 6.23. The van der Waals surface area contributed by atoms with Crippen LogP contribution in [0.15, 0.2) is 88.8 Å². The smallest absolute Gasteiger partial charge is 0.405 e. The Bertz CT molecular complexity index is 1630. The second-order valence-electron chi connectivity index (χ2n) is 13.3. The fraction of sp³-hybridized carbons (Fsp3) is 0.462. The first kappa shape index (κ1) is 42.4. The number of ketones is 2. The number of methoxy groups -OCH3 is 2. The number of aliphatic hydroxyl groups is 1. The predicted octanol–water partition coefficient (Wildman–Crippen LogP) is 3.24. The van der Waals surface area contributed by atoms with Crippen LogP contribution in [0.1, 0.15) is 52.5 Å². The summed E-state index contributed by atoms with van der Waals surface area (Å²) in [4.78, 5) is 64.7. The SMILES string of the molecule is CO[C@H]1/C=C\C=C(/C)C(=O)NC2=CC(=O)C(NCCCNC(=O)NCc3ccccc3)=C(C[C@@H](C)C[C@H](OC)[C@H](O)[C@@H](C)/C=C(\C)[C@@H]1OC(N)=O)C2=O. The average Bonchev–Trinajstić information content (AvgIpc) is 3.12.